The van der Waals surface area contributed by atoms with Crippen molar-refractivity contribution in [1.82, 2.24) is 4.98 Å². The molecule has 1 aromatic carbocycles. The van der Waals surface area contributed by atoms with Crippen LogP contribution in [0.5, 0.6) is 0 Å². The Morgan fingerprint density at radius 1 is 1.28 bits per heavy atom. The van der Waals surface area contributed by atoms with E-state index in [0.717, 1.165) is 15.9 Å². The SMILES string of the molecule is Cc1c(N)cnc(NC(C)c2ccccc2)c1Br. The van der Waals surface area contributed by atoms with Crippen LogP contribution in [0.1, 0.15) is 24.1 Å². The van der Waals surface area contributed by atoms with E-state index in [1.54, 1.807) is 6.20 Å². The highest BCUT2D eigenvalue weighted by Gasteiger charge is 2.11. The molecular weight excluding hydrogens is 290 g/mol. The average molecular weight is 306 g/mol. The number of rotatable bonds is 3. The number of benzene rings is 1. The number of nitrogens with two attached hydrogens (primary N) is 1. The smallest absolute Gasteiger partial charge is 0.141 e. The first kappa shape index (κ1) is 12.9. The third-order valence-electron chi connectivity index (χ3n) is 2.96. The van der Waals surface area contributed by atoms with Crippen molar-refractivity contribution in [2.24, 2.45) is 0 Å². The van der Waals surface area contributed by atoms with Crippen molar-refractivity contribution in [3.8, 4) is 0 Å². The molecule has 0 bridgehead atoms. The maximum absolute atomic E-state index is 5.81. The van der Waals surface area contributed by atoms with Gasteiger partial charge in [-0.1, -0.05) is 30.3 Å². The molecule has 1 unspecified atom stereocenters. The monoisotopic (exact) mass is 305 g/mol. The molecular formula is C14H16BrN3. The van der Waals surface area contributed by atoms with Crippen molar-refractivity contribution in [3.05, 3.63) is 52.1 Å². The van der Waals surface area contributed by atoms with E-state index in [4.69, 9.17) is 5.73 Å². The Hall–Kier alpha value is -1.55. The molecule has 0 saturated carbocycles. The molecule has 0 radical (unpaired) electrons. The third kappa shape index (κ3) is 2.64. The third-order valence-corrected chi connectivity index (χ3v) is 3.93. The van der Waals surface area contributed by atoms with E-state index >= 15 is 0 Å². The first-order valence-electron chi connectivity index (χ1n) is 5.81. The van der Waals surface area contributed by atoms with Crippen molar-refractivity contribution in [2.75, 3.05) is 11.1 Å². The average Bonchev–Trinajstić information content (AvgIpc) is 2.40. The van der Waals surface area contributed by atoms with Crippen LogP contribution < -0.4 is 11.1 Å². The normalized spacial score (nSPS) is 12.2. The number of anilines is 2. The summed E-state index contributed by atoms with van der Waals surface area (Å²) in [6, 6.07) is 10.5. The van der Waals surface area contributed by atoms with E-state index in [9.17, 15) is 0 Å². The quantitative estimate of drug-likeness (QED) is 0.904. The molecule has 0 amide bonds. The first-order chi connectivity index (χ1) is 8.59. The lowest BCUT2D eigenvalue weighted by atomic mass is 10.1. The van der Waals surface area contributed by atoms with Gasteiger partial charge < -0.3 is 11.1 Å². The Labute approximate surface area is 116 Å². The fourth-order valence-corrected chi connectivity index (χ4v) is 2.17. The van der Waals surface area contributed by atoms with Gasteiger partial charge in [-0.25, -0.2) is 4.98 Å². The fourth-order valence-electron chi connectivity index (χ4n) is 1.72. The molecule has 1 atom stereocenters. The zero-order valence-corrected chi connectivity index (χ0v) is 12.0. The topological polar surface area (TPSA) is 50.9 Å². The maximum Gasteiger partial charge on any atom is 0.141 e. The lowest BCUT2D eigenvalue weighted by molar-refractivity contribution is 0.872. The van der Waals surface area contributed by atoms with E-state index in [-0.39, 0.29) is 6.04 Å². The molecule has 94 valence electrons. The number of pyridine rings is 1. The van der Waals surface area contributed by atoms with Gasteiger partial charge in [-0.2, -0.15) is 0 Å². The Kier molecular flexibility index (Phi) is 3.87. The van der Waals surface area contributed by atoms with Crippen molar-refractivity contribution < 1.29 is 0 Å². The lowest BCUT2D eigenvalue weighted by Gasteiger charge is -2.17. The Balaban J connectivity index is 2.22. The molecule has 0 fully saturated rings. The minimum Gasteiger partial charge on any atom is -0.397 e. The predicted molar refractivity (Wildman–Crippen MR) is 79.6 cm³/mol. The van der Waals surface area contributed by atoms with E-state index in [1.807, 2.05) is 25.1 Å². The van der Waals surface area contributed by atoms with Crippen LogP contribution in [0.15, 0.2) is 41.0 Å². The van der Waals surface area contributed by atoms with E-state index in [0.29, 0.717) is 5.69 Å². The summed E-state index contributed by atoms with van der Waals surface area (Å²) in [5, 5.41) is 3.38. The fraction of sp³-hybridized carbons (Fsp3) is 0.214. The summed E-state index contributed by atoms with van der Waals surface area (Å²) in [5.74, 6) is 0.818. The standard InChI is InChI=1S/C14H16BrN3/c1-9-12(16)8-17-14(13(9)15)18-10(2)11-6-4-3-5-7-11/h3-8,10H,16H2,1-2H3,(H,17,18). The van der Waals surface area contributed by atoms with E-state index < -0.39 is 0 Å². The van der Waals surface area contributed by atoms with Crippen molar-refractivity contribution in [2.45, 2.75) is 19.9 Å². The van der Waals surface area contributed by atoms with Crippen LogP contribution in [-0.2, 0) is 0 Å². The van der Waals surface area contributed by atoms with Gasteiger partial charge in [0.15, 0.2) is 0 Å². The summed E-state index contributed by atoms with van der Waals surface area (Å²) in [7, 11) is 0. The number of hydrogen-bond donors (Lipinski definition) is 2. The zero-order chi connectivity index (χ0) is 13.1. The van der Waals surface area contributed by atoms with Gasteiger partial charge in [0, 0.05) is 6.04 Å². The second kappa shape index (κ2) is 5.40. The van der Waals surface area contributed by atoms with Crippen molar-refractivity contribution in [1.29, 1.82) is 0 Å². The molecule has 3 N–H and O–H groups in total. The number of aromatic nitrogens is 1. The summed E-state index contributed by atoms with van der Waals surface area (Å²) in [6.45, 7) is 4.08. The molecule has 1 heterocycles. The minimum absolute atomic E-state index is 0.193. The van der Waals surface area contributed by atoms with E-state index in [1.165, 1.54) is 5.56 Å². The highest BCUT2D eigenvalue weighted by Crippen LogP contribution is 2.30. The molecule has 2 aromatic rings. The van der Waals surface area contributed by atoms with Crippen LogP contribution >= 0.6 is 15.9 Å². The predicted octanol–water partition coefficient (Wildman–Crippen LogP) is 3.91. The second-order valence-corrected chi connectivity index (χ2v) is 5.07. The first-order valence-corrected chi connectivity index (χ1v) is 6.61. The van der Waals surface area contributed by atoms with Gasteiger partial charge in [-0.05, 0) is 40.9 Å². The van der Waals surface area contributed by atoms with Crippen molar-refractivity contribution in [3.63, 3.8) is 0 Å². The number of hydrogen-bond acceptors (Lipinski definition) is 3. The highest BCUT2D eigenvalue weighted by atomic mass is 79.9. The second-order valence-electron chi connectivity index (χ2n) is 4.28. The summed E-state index contributed by atoms with van der Waals surface area (Å²) in [5.41, 5.74) is 8.74. The molecule has 0 saturated heterocycles. The van der Waals surface area contributed by atoms with Gasteiger partial charge in [0.1, 0.15) is 5.82 Å². The summed E-state index contributed by atoms with van der Waals surface area (Å²) in [4.78, 5) is 4.32. The molecule has 1 aromatic heterocycles. The minimum atomic E-state index is 0.193. The summed E-state index contributed by atoms with van der Waals surface area (Å²) in [6.07, 6.45) is 1.68. The van der Waals surface area contributed by atoms with Gasteiger partial charge in [0.05, 0.1) is 16.4 Å². The molecule has 2 rings (SSSR count). The molecule has 3 nitrogen and oxygen atoms in total. The number of nitrogen functional groups attached to an aromatic ring is 1. The van der Waals surface area contributed by atoms with Crippen LogP contribution in [0.25, 0.3) is 0 Å². The van der Waals surface area contributed by atoms with Gasteiger partial charge >= 0.3 is 0 Å². The summed E-state index contributed by atoms with van der Waals surface area (Å²) >= 11 is 3.53. The van der Waals surface area contributed by atoms with Crippen LogP contribution in [-0.4, -0.2) is 4.98 Å². The lowest BCUT2D eigenvalue weighted by Crippen LogP contribution is -2.09. The number of halogens is 1. The van der Waals surface area contributed by atoms with Crippen LogP contribution in [0.4, 0.5) is 11.5 Å². The number of nitrogens with zero attached hydrogens (tertiary/aromatic N) is 1. The Bertz CT molecular complexity index is 540. The molecule has 0 spiro atoms. The van der Waals surface area contributed by atoms with Gasteiger partial charge in [-0.3, -0.25) is 0 Å². The van der Waals surface area contributed by atoms with Crippen LogP contribution in [0.2, 0.25) is 0 Å². The van der Waals surface area contributed by atoms with E-state index in [2.05, 4.69) is 45.3 Å². The zero-order valence-electron chi connectivity index (χ0n) is 10.4. The Morgan fingerprint density at radius 2 is 1.94 bits per heavy atom. The summed E-state index contributed by atoms with van der Waals surface area (Å²) < 4.78 is 0.922. The molecule has 0 aliphatic heterocycles. The van der Waals surface area contributed by atoms with Gasteiger partial charge in [0.2, 0.25) is 0 Å². The maximum atomic E-state index is 5.81. The molecule has 18 heavy (non-hydrogen) atoms. The van der Waals surface area contributed by atoms with Gasteiger partial charge in [0.25, 0.3) is 0 Å². The van der Waals surface area contributed by atoms with Crippen LogP contribution in [0, 0.1) is 6.92 Å². The molecule has 4 heteroatoms. The van der Waals surface area contributed by atoms with Crippen LogP contribution in [0.3, 0.4) is 0 Å². The number of nitrogens with one attached hydrogen (secondary N) is 1. The van der Waals surface area contributed by atoms with Gasteiger partial charge in [-0.15, -0.1) is 0 Å². The highest BCUT2D eigenvalue weighted by molar-refractivity contribution is 9.10. The van der Waals surface area contributed by atoms with Crippen molar-refractivity contribution >= 4 is 27.4 Å². The molecule has 0 aliphatic carbocycles. The Morgan fingerprint density at radius 3 is 2.61 bits per heavy atom. The largest absolute Gasteiger partial charge is 0.397 e. The molecule has 0 aliphatic rings.